The molecule has 2 fully saturated rings. The van der Waals surface area contributed by atoms with E-state index in [1.165, 1.54) is 18.4 Å². The first-order valence-corrected chi connectivity index (χ1v) is 11.9. The number of benzene rings is 1. The highest BCUT2D eigenvalue weighted by Crippen LogP contribution is 2.33. The molecule has 0 spiro atoms. The monoisotopic (exact) mass is 502 g/mol. The lowest BCUT2D eigenvalue weighted by molar-refractivity contribution is -0.126. The van der Waals surface area contributed by atoms with Crippen molar-refractivity contribution in [2.75, 3.05) is 53.7 Å². The summed E-state index contributed by atoms with van der Waals surface area (Å²) < 4.78 is 31.9. The Balaban J connectivity index is 1.18. The lowest BCUT2D eigenvalue weighted by atomic mass is 10.0. The molecule has 5 rings (SSSR count). The molecule has 3 aromatic rings. The van der Waals surface area contributed by atoms with Gasteiger partial charge in [0, 0.05) is 38.1 Å². The summed E-state index contributed by atoms with van der Waals surface area (Å²) >= 11 is 1.23. The molecule has 2 N–H and O–H groups in total. The van der Waals surface area contributed by atoms with E-state index >= 15 is 0 Å². The second kappa shape index (κ2) is 9.66. The third-order valence-corrected chi connectivity index (χ3v) is 6.68. The van der Waals surface area contributed by atoms with Crippen molar-refractivity contribution in [2.45, 2.75) is 24.5 Å². The summed E-state index contributed by atoms with van der Waals surface area (Å²) in [6.07, 6.45) is 1.63. The summed E-state index contributed by atoms with van der Waals surface area (Å²) in [5.41, 5.74) is 1.19. The van der Waals surface area contributed by atoms with Gasteiger partial charge >= 0.3 is 0 Å². The van der Waals surface area contributed by atoms with Crippen LogP contribution in [0.25, 0.3) is 0 Å². The first kappa shape index (κ1) is 23.3. The first-order chi connectivity index (χ1) is 16.9. The molecular weight excluding hydrogens is 478 g/mol. The number of anilines is 4. The van der Waals surface area contributed by atoms with Crippen LogP contribution in [0.5, 0.6) is 0 Å². The Hall–Kier alpha value is -3.45. The standard InChI is InChI=1S/C22H24F2N8O2S/c1-34-18(14-4-2-5-16(10-14)32-12-22(23,24)13-32)19(33)27-21-30-29-20(35-21)26-15-7-9-31(11-15)17-6-3-8-25-28-17/h2-6,8,10,15,18H,7,9,11-13H2,1H3,(H,26,29)(H,27,30,33). The van der Waals surface area contributed by atoms with Crippen LogP contribution in [0.2, 0.25) is 0 Å². The highest BCUT2D eigenvalue weighted by molar-refractivity contribution is 7.19. The lowest BCUT2D eigenvalue weighted by Crippen LogP contribution is -2.56. The third kappa shape index (κ3) is 5.30. The van der Waals surface area contributed by atoms with Crippen LogP contribution in [0.15, 0.2) is 42.6 Å². The van der Waals surface area contributed by atoms with Crippen LogP contribution >= 0.6 is 11.3 Å². The number of methoxy groups -OCH3 is 1. The second-order valence-electron chi connectivity index (χ2n) is 8.48. The smallest absolute Gasteiger partial charge is 0.282 e. The molecule has 2 aromatic heterocycles. The number of hydrogen-bond acceptors (Lipinski definition) is 10. The highest BCUT2D eigenvalue weighted by atomic mass is 32.1. The average Bonchev–Trinajstić information content (AvgIpc) is 3.48. The molecular formula is C22H24F2N8O2S. The van der Waals surface area contributed by atoms with E-state index in [1.54, 1.807) is 35.4 Å². The van der Waals surface area contributed by atoms with Crippen molar-refractivity contribution in [3.63, 3.8) is 0 Å². The largest absolute Gasteiger partial charge is 0.367 e. The number of halogens is 2. The van der Waals surface area contributed by atoms with Crippen LogP contribution in [0, 0.1) is 0 Å². The van der Waals surface area contributed by atoms with Crippen molar-refractivity contribution in [1.82, 2.24) is 20.4 Å². The van der Waals surface area contributed by atoms with Crippen molar-refractivity contribution in [2.24, 2.45) is 0 Å². The van der Waals surface area contributed by atoms with Gasteiger partial charge in [-0.05, 0) is 36.2 Å². The van der Waals surface area contributed by atoms with Crippen molar-refractivity contribution >= 4 is 39.0 Å². The minimum Gasteiger partial charge on any atom is -0.367 e. The molecule has 0 aliphatic carbocycles. The molecule has 10 nitrogen and oxygen atoms in total. The van der Waals surface area contributed by atoms with Crippen LogP contribution in [-0.2, 0) is 9.53 Å². The predicted molar refractivity (Wildman–Crippen MR) is 128 cm³/mol. The summed E-state index contributed by atoms with van der Waals surface area (Å²) in [5.74, 6) is -2.26. The maximum Gasteiger partial charge on any atom is 0.282 e. The topological polar surface area (TPSA) is 108 Å². The number of rotatable bonds is 8. The number of carbonyl (C=O) groups excluding carboxylic acids is 1. The molecule has 1 aromatic carbocycles. The number of nitrogens with zero attached hydrogens (tertiary/aromatic N) is 6. The molecule has 2 atom stereocenters. The van der Waals surface area contributed by atoms with Gasteiger partial charge in [0.05, 0.1) is 13.1 Å². The van der Waals surface area contributed by atoms with Gasteiger partial charge in [-0.25, -0.2) is 8.78 Å². The molecule has 2 aliphatic heterocycles. The van der Waals surface area contributed by atoms with Gasteiger partial charge < -0.3 is 19.9 Å². The molecule has 4 heterocycles. The van der Waals surface area contributed by atoms with E-state index in [0.717, 1.165) is 25.3 Å². The zero-order valence-electron chi connectivity index (χ0n) is 18.9. The van der Waals surface area contributed by atoms with Crippen LogP contribution in [0.4, 0.5) is 30.5 Å². The number of hydrogen-bond donors (Lipinski definition) is 2. The number of alkyl halides is 2. The van der Waals surface area contributed by atoms with E-state index in [4.69, 9.17) is 4.74 Å². The molecule has 184 valence electrons. The van der Waals surface area contributed by atoms with E-state index in [2.05, 4.69) is 35.9 Å². The zero-order chi connectivity index (χ0) is 24.4. The summed E-state index contributed by atoms with van der Waals surface area (Å²) in [6, 6.07) is 10.8. The summed E-state index contributed by atoms with van der Waals surface area (Å²) in [4.78, 5) is 16.6. The van der Waals surface area contributed by atoms with Gasteiger partial charge in [0.15, 0.2) is 11.9 Å². The van der Waals surface area contributed by atoms with Gasteiger partial charge in [0.2, 0.25) is 10.3 Å². The lowest BCUT2D eigenvalue weighted by Gasteiger charge is -2.40. The fraction of sp³-hybridized carbons (Fsp3) is 0.409. The first-order valence-electron chi connectivity index (χ1n) is 11.1. The summed E-state index contributed by atoms with van der Waals surface area (Å²) in [5, 5.41) is 23.3. The Labute approximate surface area is 204 Å². The Morgan fingerprint density at radius 1 is 1.17 bits per heavy atom. The normalized spacial score (nSPS) is 19.8. The number of aromatic nitrogens is 4. The van der Waals surface area contributed by atoms with Crippen molar-refractivity contribution in [1.29, 1.82) is 0 Å². The van der Waals surface area contributed by atoms with E-state index in [-0.39, 0.29) is 19.1 Å². The molecule has 13 heteroatoms. The molecule has 0 radical (unpaired) electrons. The van der Waals surface area contributed by atoms with Gasteiger partial charge in [-0.2, -0.15) is 5.10 Å². The van der Waals surface area contributed by atoms with Gasteiger partial charge in [-0.15, -0.1) is 15.3 Å². The molecule has 35 heavy (non-hydrogen) atoms. The number of ether oxygens (including phenoxy) is 1. The quantitative estimate of drug-likeness (QED) is 0.481. The fourth-order valence-electron chi connectivity index (χ4n) is 4.20. The maximum absolute atomic E-state index is 13.2. The summed E-state index contributed by atoms with van der Waals surface area (Å²) in [6.45, 7) is 0.935. The van der Waals surface area contributed by atoms with Crippen molar-refractivity contribution < 1.29 is 18.3 Å². The minimum atomic E-state index is -2.68. The Morgan fingerprint density at radius 3 is 2.74 bits per heavy atom. The highest BCUT2D eigenvalue weighted by Gasteiger charge is 2.44. The van der Waals surface area contributed by atoms with E-state index in [9.17, 15) is 13.6 Å². The van der Waals surface area contributed by atoms with Crippen molar-refractivity contribution in [3.05, 3.63) is 48.2 Å². The SMILES string of the molecule is COC(C(=O)Nc1nnc(NC2CCN(c3cccnn3)C2)s1)c1cccc(N2CC(F)(F)C2)c1. The average molecular weight is 503 g/mol. The minimum absolute atomic E-state index is 0.164. The third-order valence-electron chi connectivity index (χ3n) is 5.91. The van der Waals surface area contributed by atoms with Crippen molar-refractivity contribution in [3.8, 4) is 0 Å². The second-order valence-corrected chi connectivity index (χ2v) is 9.46. The molecule has 1 amide bonds. The summed E-state index contributed by atoms with van der Waals surface area (Å²) in [7, 11) is 1.42. The van der Waals surface area contributed by atoms with Crippen LogP contribution in [0.1, 0.15) is 18.1 Å². The Morgan fingerprint density at radius 2 is 2.00 bits per heavy atom. The molecule has 2 unspecified atom stereocenters. The zero-order valence-corrected chi connectivity index (χ0v) is 19.7. The molecule has 2 aliphatic rings. The van der Waals surface area contributed by atoms with E-state index in [0.29, 0.717) is 21.5 Å². The molecule has 0 saturated carbocycles. The number of carbonyl (C=O) groups is 1. The number of amides is 1. The van der Waals surface area contributed by atoms with Gasteiger partial charge in [0.1, 0.15) is 0 Å². The van der Waals surface area contributed by atoms with Gasteiger partial charge in [0.25, 0.3) is 11.8 Å². The van der Waals surface area contributed by atoms with E-state index in [1.807, 2.05) is 12.1 Å². The predicted octanol–water partition coefficient (Wildman–Crippen LogP) is 2.80. The number of nitrogens with one attached hydrogen (secondary N) is 2. The Bertz CT molecular complexity index is 1170. The Kier molecular flexibility index (Phi) is 6.43. The fourth-order valence-corrected chi connectivity index (χ4v) is 4.92. The molecule has 2 saturated heterocycles. The molecule has 0 bridgehead atoms. The van der Waals surface area contributed by atoms with Crippen LogP contribution in [0.3, 0.4) is 0 Å². The van der Waals surface area contributed by atoms with Gasteiger partial charge in [-0.1, -0.05) is 23.5 Å². The van der Waals surface area contributed by atoms with Crippen LogP contribution < -0.4 is 20.4 Å². The maximum atomic E-state index is 13.2. The van der Waals surface area contributed by atoms with E-state index < -0.39 is 17.9 Å². The van der Waals surface area contributed by atoms with Gasteiger partial charge in [-0.3, -0.25) is 10.1 Å². The van der Waals surface area contributed by atoms with Crippen LogP contribution in [-0.4, -0.2) is 71.6 Å².